The van der Waals surface area contributed by atoms with Crippen molar-refractivity contribution in [1.29, 1.82) is 0 Å². The molecule has 0 saturated heterocycles. The molecule has 0 aliphatic heterocycles. The Balaban J connectivity index is 2.10. The van der Waals surface area contributed by atoms with Crippen LogP contribution in [0.25, 0.3) is 0 Å². The lowest BCUT2D eigenvalue weighted by atomic mass is 10.2. The Kier molecular flexibility index (Phi) is 6.55. The van der Waals surface area contributed by atoms with Gasteiger partial charge in [0.15, 0.2) is 0 Å². The van der Waals surface area contributed by atoms with Gasteiger partial charge in [-0.25, -0.2) is 0 Å². The van der Waals surface area contributed by atoms with Crippen LogP contribution in [0, 0.1) is 0 Å². The van der Waals surface area contributed by atoms with Gasteiger partial charge >= 0.3 is 0 Å². The number of nitrogens with one attached hydrogen (secondary N) is 2. The summed E-state index contributed by atoms with van der Waals surface area (Å²) in [4.78, 5) is 12.7. The van der Waals surface area contributed by atoms with Crippen molar-refractivity contribution >= 4 is 28.8 Å². The molecule has 1 heterocycles. The first kappa shape index (κ1) is 14.5. The Morgan fingerprint density at radius 3 is 2.94 bits per heavy atom. The number of carbonyl (C=O) groups excluding carboxylic acids is 1. The second kappa shape index (κ2) is 7.69. The third kappa shape index (κ3) is 6.05. The number of hydrogen-bond acceptors (Lipinski definition) is 3. The highest BCUT2D eigenvalue weighted by molar-refractivity contribution is 7.10. The minimum atomic E-state index is 0.107. The highest BCUT2D eigenvalue weighted by Crippen LogP contribution is 2.18. The number of thiophene rings is 1. The van der Waals surface area contributed by atoms with Gasteiger partial charge in [-0.1, -0.05) is 18.5 Å². The molecule has 0 aromatic carbocycles. The first-order valence-electron chi connectivity index (χ1n) is 5.84. The molecule has 0 bridgehead atoms. The van der Waals surface area contributed by atoms with Crippen LogP contribution < -0.4 is 10.6 Å². The number of halogens is 1. The molecule has 5 heteroatoms. The zero-order valence-corrected chi connectivity index (χ0v) is 11.8. The summed E-state index contributed by atoms with van der Waals surface area (Å²) in [6, 6.07) is 2.21. The van der Waals surface area contributed by atoms with E-state index in [0.717, 1.165) is 18.0 Å². The van der Waals surface area contributed by atoms with E-state index in [9.17, 15) is 4.79 Å². The number of carbonyl (C=O) groups is 1. The number of amides is 1. The van der Waals surface area contributed by atoms with Crippen LogP contribution in [0.1, 0.15) is 31.6 Å². The lowest BCUT2D eigenvalue weighted by Gasteiger charge is -2.11. The molecule has 0 fully saturated rings. The van der Waals surface area contributed by atoms with Crippen molar-refractivity contribution in [2.75, 3.05) is 6.54 Å². The predicted molar refractivity (Wildman–Crippen MR) is 73.5 cm³/mol. The lowest BCUT2D eigenvalue weighted by Crippen LogP contribution is -2.33. The molecule has 0 aliphatic rings. The minimum absolute atomic E-state index is 0.107. The molecule has 1 aromatic rings. The molecule has 3 nitrogen and oxygen atoms in total. The second-order valence-electron chi connectivity index (χ2n) is 4.03. The molecule has 96 valence electrons. The Morgan fingerprint density at radius 1 is 1.59 bits per heavy atom. The quantitative estimate of drug-likeness (QED) is 0.751. The van der Waals surface area contributed by atoms with E-state index in [4.69, 9.17) is 11.6 Å². The van der Waals surface area contributed by atoms with E-state index in [1.807, 2.05) is 18.4 Å². The number of hydrogen-bond donors (Lipinski definition) is 2. The summed E-state index contributed by atoms with van der Waals surface area (Å²) in [5, 5.41) is 8.85. The molecule has 1 amide bonds. The normalized spacial score (nSPS) is 12.4. The molecule has 1 rings (SSSR count). The average Bonchev–Trinajstić information content (AvgIpc) is 2.70. The highest BCUT2D eigenvalue weighted by Gasteiger charge is 2.04. The topological polar surface area (TPSA) is 41.1 Å². The van der Waals surface area contributed by atoms with E-state index in [-0.39, 0.29) is 11.9 Å². The molecule has 0 saturated carbocycles. The van der Waals surface area contributed by atoms with Crippen LogP contribution in [-0.2, 0) is 11.3 Å². The van der Waals surface area contributed by atoms with Crippen LogP contribution in [0.5, 0.6) is 0 Å². The van der Waals surface area contributed by atoms with Crippen molar-refractivity contribution in [2.24, 2.45) is 0 Å². The fourth-order valence-electron chi connectivity index (χ4n) is 1.31. The summed E-state index contributed by atoms with van der Waals surface area (Å²) < 4.78 is 0. The van der Waals surface area contributed by atoms with Gasteiger partial charge < -0.3 is 10.6 Å². The fraction of sp³-hybridized carbons (Fsp3) is 0.583. The summed E-state index contributed by atoms with van der Waals surface area (Å²) in [5.41, 5.74) is 0. The maximum absolute atomic E-state index is 11.5. The lowest BCUT2D eigenvalue weighted by molar-refractivity contribution is -0.121. The van der Waals surface area contributed by atoms with Gasteiger partial charge in [0, 0.05) is 35.8 Å². The van der Waals surface area contributed by atoms with E-state index in [0.29, 0.717) is 13.0 Å². The molecule has 2 N–H and O–H groups in total. The summed E-state index contributed by atoms with van der Waals surface area (Å²) in [6.45, 7) is 5.54. The third-order valence-corrected chi connectivity index (χ3v) is 3.75. The standard InChI is InChI=1S/C12H19ClN2OS/c1-3-9(2)15-12(16)4-5-14-7-11-6-10(13)8-17-11/h6,8-9,14H,3-5,7H2,1-2H3,(H,15,16). The zero-order chi connectivity index (χ0) is 12.7. The fourth-order valence-corrected chi connectivity index (χ4v) is 2.35. The second-order valence-corrected chi connectivity index (χ2v) is 5.47. The van der Waals surface area contributed by atoms with Crippen LogP contribution in [0.3, 0.4) is 0 Å². The Hall–Kier alpha value is -0.580. The van der Waals surface area contributed by atoms with Crippen molar-refractivity contribution in [1.82, 2.24) is 10.6 Å². The van der Waals surface area contributed by atoms with Crippen molar-refractivity contribution in [3.63, 3.8) is 0 Å². The third-order valence-electron chi connectivity index (χ3n) is 2.47. The van der Waals surface area contributed by atoms with Crippen molar-refractivity contribution < 1.29 is 4.79 Å². The van der Waals surface area contributed by atoms with Crippen LogP contribution in [0.2, 0.25) is 5.02 Å². The van der Waals surface area contributed by atoms with Crippen molar-refractivity contribution in [2.45, 2.75) is 39.3 Å². The summed E-state index contributed by atoms with van der Waals surface area (Å²) in [6.07, 6.45) is 1.48. The van der Waals surface area contributed by atoms with E-state index in [2.05, 4.69) is 17.6 Å². The molecule has 0 radical (unpaired) electrons. The summed E-state index contributed by atoms with van der Waals surface area (Å²) >= 11 is 7.44. The molecule has 17 heavy (non-hydrogen) atoms. The van der Waals surface area contributed by atoms with E-state index >= 15 is 0 Å². The van der Waals surface area contributed by atoms with Gasteiger partial charge in [-0.3, -0.25) is 4.79 Å². The van der Waals surface area contributed by atoms with Gasteiger partial charge in [-0.15, -0.1) is 11.3 Å². The molecular formula is C12H19ClN2OS. The van der Waals surface area contributed by atoms with Gasteiger partial charge in [-0.05, 0) is 19.4 Å². The minimum Gasteiger partial charge on any atom is -0.354 e. The van der Waals surface area contributed by atoms with Crippen LogP contribution in [-0.4, -0.2) is 18.5 Å². The zero-order valence-electron chi connectivity index (χ0n) is 10.3. The largest absolute Gasteiger partial charge is 0.354 e. The highest BCUT2D eigenvalue weighted by atomic mass is 35.5. The summed E-state index contributed by atoms with van der Waals surface area (Å²) in [7, 11) is 0. The molecule has 1 atom stereocenters. The van der Waals surface area contributed by atoms with E-state index < -0.39 is 0 Å². The van der Waals surface area contributed by atoms with Crippen LogP contribution >= 0.6 is 22.9 Å². The molecule has 0 aliphatic carbocycles. The predicted octanol–water partition coefficient (Wildman–Crippen LogP) is 2.80. The first-order valence-corrected chi connectivity index (χ1v) is 7.10. The Bertz CT molecular complexity index is 354. The van der Waals surface area contributed by atoms with Gasteiger partial charge in [0.2, 0.25) is 5.91 Å². The maximum atomic E-state index is 11.5. The first-order chi connectivity index (χ1) is 8.11. The molecule has 1 aromatic heterocycles. The van der Waals surface area contributed by atoms with Crippen LogP contribution in [0.15, 0.2) is 11.4 Å². The van der Waals surface area contributed by atoms with E-state index in [1.165, 1.54) is 4.88 Å². The SMILES string of the molecule is CCC(C)NC(=O)CCNCc1cc(Cl)cs1. The molecule has 0 spiro atoms. The Labute approximate surface area is 112 Å². The van der Waals surface area contributed by atoms with Crippen LogP contribution in [0.4, 0.5) is 0 Å². The number of rotatable bonds is 7. The van der Waals surface area contributed by atoms with E-state index in [1.54, 1.807) is 11.3 Å². The van der Waals surface area contributed by atoms with Gasteiger partial charge in [-0.2, -0.15) is 0 Å². The van der Waals surface area contributed by atoms with Gasteiger partial charge in [0.05, 0.1) is 5.02 Å². The summed E-state index contributed by atoms with van der Waals surface area (Å²) in [5.74, 6) is 0.107. The van der Waals surface area contributed by atoms with Crippen molar-refractivity contribution in [3.05, 3.63) is 21.3 Å². The molecule has 1 unspecified atom stereocenters. The smallest absolute Gasteiger partial charge is 0.221 e. The average molecular weight is 275 g/mol. The van der Waals surface area contributed by atoms with Gasteiger partial charge in [0.25, 0.3) is 0 Å². The Morgan fingerprint density at radius 2 is 2.35 bits per heavy atom. The van der Waals surface area contributed by atoms with Crippen molar-refractivity contribution in [3.8, 4) is 0 Å². The molecular weight excluding hydrogens is 256 g/mol. The maximum Gasteiger partial charge on any atom is 0.221 e. The monoisotopic (exact) mass is 274 g/mol. The van der Waals surface area contributed by atoms with Gasteiger partial charge in [0.1, 0.15) is 0 Å².